The number of nitriles is 1. The van der Waals surface area contributed by atoms with Crippen LogP contribution in [0.5, 0.6) is 11.5 Å². The van der Waals surface area contributed by atoms with Crippen molar-refractivity contribution in [3.63, 3.8) is 0 Å². The smallest absolute Gasteiger partial charge is 0.242 e. The summed E-state index contributed by atoms with van der Waals surface area (Å²) in [5.74, 6) is 2.04. The number of anilines is 1. The molecule has 3 aromatic rings. The van der Waals surface area contributed by atoms with Crippen molar-refractivity contribution in [2.45, 2.75) is 25.8 Å². The first-order chi connectivity index (χ1) is 13.6. The fraction of sp³-hybridized carbons (Fsp3) is 0.190. The van der Waals surface area contributed by atoms with Gasteiger partial charge < -0.3 is 9.15 Å². The zero-order valence-electron chi connectivity index (χ0n) is 15.2. The fourth-order valence-corrected chi connectivity index (χ4v) is 3.59. The largest absolute Gasteiger partial charge is 0.457 e. The summed E-state index contributed by atoms with van der Waals surface area (Å²) in [5, 5.41) is 15.7. The average Bonchev–Trinajstić information content (AvgIpc) is 3.35. The highest BCUT2D eigenvalue weighted by Gasteiger charge is 2.30. The first kappa shape index (κ1) is 18.3. The summed E-state index contributed by atoms with van der Waals surface area (Å²) >= 11 is 3.46. The monoisotopic (exact) mass is 436 g/mol. The molecule has 1 aliphatic heterocycles. The molecule has 0 radical (unpaired) electrons. The zero-order valence-corrected chi connectivity index (χ0v) is 16.8. The highest BCUT2D eigenvalue weighted by Crippen LogP contribution is 2.32. The van der Waals surface area contributed by atoms with Crippen molar-refractivity contribution in [1.82, 2.24) is 4.98 Å². The Bertz CT molecular complexity index is 1040. The molecule has 1 atom stereocenters. The lowest BCUT2D eigenvalue weighted by molar-refractivity contribution is 0.478. The van der Waals surface area contributed by atoms with Crippen LogP contribution in [-0.2, 0) is 0 Å². The molecule has 0 saturated carbocycles. The van der Waals surface area contributed by atoms with E-state index in [0.29, 0.717) is 18.7 Å². The first-order valence-corrected chi connectivity index (χ1v) is 9.61. The lowest BCUT2D eigenvalue weighted by atomic mass is 10.1. The number of rotatable bonds is 5. The van der Waals surface area contributed by atoms with Crippen LogP contribution < -0.4 is 9.75 Å². The van der Waals surface area contributed by atoms with Crippen LogP contribution in [0.4, 0.5) is 5.69 Å². The number of oxazole rings is 1. The summed E-state index contributed by atoms with van der Waals surface area (Å²) < 4.78 is 12.4. The number of hydrogen-bond acceptors (Lipinski definition) is 6. The van der Waals surface area contributed by atoms with E-state index in [1.54, 1.807) is 6.20 Å². The molecule has 0 saturated heterocycles. The van der Waals surface area contributed by atoms with Crippen LogP contribution in [-0.4, -0.2) is 16.7 Å². The van der Waals surface area contributed by atoms with E-state index in [2.05, 4.69) is 32.1 Å². The van der Waals surface area contributed by atoms with Crippen molar-refractivity contribution in [3.05, 3.63) is 70.9 Å². The Morgan fingerprint density at radius 2 is 2.11 bits per heavy atom. The summed E-state index contributed by atoms with van der Waals surface area (Å²) in [6, 6.07) is 15.8. The Morgan fingerprint density at radius 3 is 2.79 bits per heavy atom. The SMILES string of the molecule is Cc1cc(Br)ccc1Oc1ccc(N2N=C(c3ncco3)CC2CC#N)cc1. The van der Waals surface area contributed by atoms with Crippen LogP contribution in [0.1, 0.15) is 24.3 Å². The summed E-state index contributed by atoms with van der Waals surface area (Å²) in [6.45, 7) is 2.00. The molecule has 0 bridgehead atoms. The average molecular weight is 437 g/mol. The second-order valence-corrected chi connectivity index (χ2v) is 7.37. The molecule has 0 fully saturated rings. The zero-order chi connectivity index (χ0) is 19.5. The van der Waals surface area contributed by atoms with Gasteiger partial charge in [0.25, 0.3) is 0 Å². The van der Waals surface area contributed by atoms with E-state index in [-0.39, 0.29) is 6.04 Å². The normalized spacial score (nSPS) is 16.0. The Kier molecular flexibility index (Phi) is 5.13. The highest BCUT2D eigenvalue weighted by molar-refractivity contribution is 9.10. The van der Waals surface area contributed by atoms with Gasteiger partial charge >= 0.3 is 0 Å². The molecule has 0 N–H and O–H groups in total. The molecule has 0 spiro atoms. The number of ether oxygens (including phenoxy) is 1. The number of halogens is 1. The summed E-state index contributed by atoms with van der Waals surface area (Å²) in [4.78, 5) is 4.17. The van der Waals surface area contributed by atoms with Crippen LogP contribution >= 0.6 is 15.9 Å². The number of aryl methyl sites for hydroxylation is 1. The lowest BCUT2D eigenvalue weighted by Gasteiger charge is -2.21. The molecule has 4 rings (SSSR count). The maximum Gasteiger partial charge on any atom is 0.242 e. The van der Waals surface area contributed by atoms with Gasteiger partial charge in [0.2, 0.25) is 5.89 Å². The van der Waals surface area contributed by atoms with Gasteiger partial charge in [0, 0.05) is 10.9 Å². The molecule has 2 aromatic carbocycles. The Labute approximate surface area is 171 Å². The molecular formula is C21H17BrN4O2. The van der Waals surface area contributed by atoms with E-state index in [0.717, 1.165) is 32.9 Å². The first-order valence-electron chi connectivity index (χ1n) is 8.81. The number of aromatic nitrogens is 1. The second kappa shape index (κ2) is 7.87. The molecule has 1 aromatic heterocycles. The van der Waals surface area contributed by atoms with E-state index in [1.165, 1.54) is 6.26 Å². The summed E-state index contributed by atoms with van der Waals surface area (Å²) in [7, 11) is 0. The standard InChI is InChI=1S/C21H17BrN4O2/c1-14-12-15(22)2-7-20(14)28-18-5-3-16(4-6-18)26-17(8-9-23)13-19(25-26)21-24-10-11-27-21/h2-7,10-12,17H,8,13H2,1H3. The molecule has 140 valence electrons. The van der Waals surface area contributed by atoms with Gasteiger partial charge in [-0.3, -0.25) is 5.01 Å². The summed E-state index contributed by atoms with van der Waals surface area (Å²) in [5.41, 5.74) is 2.69. The maximum absolute atomic E-state index is 9.17. The van der Waals surface area contributed by atoms with Crippen molar-refractivity contribution in [2.75, 3.05) is 5.01 Å². The lowest BCUT2D eigenvalue weighted by Crippen LogP contribution is -2.25. The van der Waals surface area contributed by atoms with Crippen LogP contribution in [0.25, 0.3) is 0 Å². The number of nitrogens with zero attached hydrogens (tertiary/aromatic N) is 4. The molecule has 1 unspecified atom stereocenters. The van der Waals surface area contributed by atoms with Crippen LogP contribution in [0.3, 0.4) is 0 Å². The molecule has 7 heteroatoms. The van der Waals surface area contributed by atoms with E-state index in [4.69, 9.17) is 9.15 Å². The van der Waals surface area contributed by atoms with Crippen molar-refractivity contribution in [2.24, 2.45) is 5.10 Å². The van der Waals surface area contributed by atoms with Crippen molar-refractivity contribution in [3.8, 4) is 17.6 Å². The van der Waals surface area contributed by atoms with Gasteiger partial charge in [-0.25, -0.2) is 4.98 Å². The minimum atomic E-state index is -0.0487. The predicted octanol–water partition coefficient (Wildman–Crippen LogP) is 5.43. The van der Waals surface area contributed by atoms with Gasteiger partial charge in [0.15, 0.2) is 0 Å². The van der Waals surface area contributed by atoms with Crippen molar-refractivity contribution >= 4 is 27.3 Å². The van der Waals surface area contributed by atoms with Crippen LogP contribution in [0.2, 0.25) is 0 Å². The summed E-state index contributed by atoms with van der Waals surface area (Å²) in [6.07, 6.45) is 4.10. The molecule has 6 nitrogen and oxygen atoms in total. The molecule has 2 heterocycles. The van der Waals surface area contributed by atoms with Crippen molar-refractivity contribution < 1.29 is 9.15 Å². The third-order valence-corrected chi connectivity index (χ3v) is 4.97. The quantitative estimate of drug-likeness (QED) is 0.532. The topological polar surface area (TPSA) is 74.7 Å². The van der Waals surface area contributed by atoms with Gasteiger partial charge in [-0.2, -0.15) is 10.4 Å². The van der Waals surface area contributed by atoms with E-state index in [1.807, 2.05) is 54.4 Å². The predicted molar refractivity (Wildman–Crippen MR) is 110 cm³/mol. The van der Waals surface area contributed by atoms with Gasteiger partial charge in [-0.15, -0.1) is 0 Å². The Hall–Kier alpha value is -3.11. The minimum Gasteiger partial charge on any atom is -0.457 e. The van der Waals surface area contributed by atoms with E-state index in [9.17, 15) is 5.26 Å². The van der Waals surface area contributed by atoms with E-state index >= 15 is 0 Å². The minimum absolute atomic E-state index is 0.0487. The van der Waals surface area contributed by atoms with Gasteiger partial charge in [0.05, 0.1) is 30.4 Å². The van der Waals surface area contributed by atoms with Crippen LogP contribution in [0.15, 0.2) is 68.9 Å². The van der Waals surface area contributed by atoms with Gasteiger partial charge in [-0.1, -0.05) is 15.9 Å². The van der Waals surface area contributed by atoms with Gasteiger partial charge in [0.1, 0.15) is 23.5 Å². The Balaban J connectivity index is 1.55. The van der Waals surface area contributed by atoms with Gasteiger partial charge in [-0.05, 0) is 55.0 Å². The highest BCUT2D eigenvalue weighted by atomic mass is 79.9. The Morgan fingerprint density at radius 1 is 1.29 bits per heavy atom. The number of benzene rings is 2. The molecule has 0 amide bonds. The fourth-order valence-electron chi connectivity index (χ4n) is 3.11. The molecule has 28 heavy (non-hydrogen) atoms. The number of hydrazone groups is 1. The third-order valence-electron chi connectivity index (χ3n) is 4.48. The molecule has 1 aliphatic rings. The maximum atomic E-state index is 9.17. The van der Waals surface area contributed by atoms with E-state index < -0.39 is 0 Å². The molecular weight excluding hydrogens is 420 g/mol. The van der Waals surface area contributed by atoms with Crippen molar-refractivity contribution in [1.29, 1.82) is 5.26 Å². The number of hydrogen-bond donors (Lipinski definition) is 0. The third kappa shape index (κ3) is 3.78. The van der Waals surface area contributed by atoms with Crippen LogP contribution in [0, 0.1) is 18.3 Å². The second-order valence-electron chi connectivity index (χ2n) is 6.45. The molecule has 0 aliphatic carbocycles.